The minimum absolute atomic E-state index is 0.0958. The van der Waals surface area contributed by atoms with Gasteiger partial charge in [0.1, 0.15) is 10.4 Å². The first kappa shape index (κ1) is 11.7. The fraction of sp³-hybridized carbons (Fsp3) is 0.800. The molecule has 0 saturated carbocycles. The summed E-state index contributed by atoms with van der Waals surface area (Å²) in [5, 5.41) is 0. The summed E-state index contributed by atoms with van der Waals surface area (Å²) < 4.78 is 4.66. The molecule has 0 spiro atoms. The Balaban J connectivity index is 2.50. The number of hydrogen-bond acceptors (Lipinski definition) is 3. The van der Waals surface area contributed by atoms with Crippen molar-refractivity contribution in [3.63, 3.8) is 0 Å². The summed E-state index contributed by atoms with van der Waals surface area (Å²) in [6.07, 6.45) is 2.31. The van der Waals surface area contributed by atoms with E-state index in [0.717, 1.165) is 6.42 Å². The second-order valence-corrected chi connectivity index (χ2v) is 6.69. The molecule has 1 aliphatic heterocycles. The highest BCUT2D eigenvalue weighted by molar-refractivity contribution is 9.10. The predicted molar refractivity (Wildman–Crippen MR) is 60.1 cm³/mol. The molecule has 0 saturated heterocycles. The average molecular weight is 262 g/mol. The van der Waals surface area contributed by atoms with Crippen molar-refractivity contribution in [2.45, 2.75) is 50.1 Å². The van der Waals surface area contributed by atoms with E-state index in [1.165, 1.54) is 0 Å². The van der Waals surface area contributed by atoms with E-state index in [9.17, 15) is 4.79 Å². The quantitative estimate of drug-likeness (QED) is 0.566. The van der Waals surface area contributed by atoms with Crippen molar-refractivity contribution in [1.29, 1.82) is 0 Å². The van der Waals surface area contributed by atoms with E-state index < -0.39 is 4.32 Å². The zero-order valence-corrected chi connectivity index (χ0v) is 10.6. The fourth-order valence-electron chi connectivity index (χ4n) is 1.23. The van der Waals surface area contributed by atoms with Crippen LogP contribution in [0.5, 0.6) is 0 Å². The predicted octanol–water partition coefficient (Wildman–Crippen LogP) is 2.32. The Hall–Kier alpha value is -0.380. The van der Waals surface area contributed by atoms with Crippen molar-refractivity contribution in [1.82, 2.24) is 0 Å². The van der Waals surface area contributed by atoms with Gasteiger partial charge in [0.15, 0.2) is 0 Å². The van der Waals surface area contributed by atoms with E-state index in [0.29, 0.717) is 0 Å². The third-order valence-electron chi connectivity index (χ3n) is 2.03. The molecule has 1 unspecified atom stereocenters. The molecule has 1 heterocycles. The molecule has 80 valence electrons. The smallest absolute Gasteiger partial charge is 0.322 e. The van der Waals surface area contributed by atoms with E-state index in [2.05, 4.69) is 20.9 Å². The Morgan fingerprint density at radius 2 is 2.21 bits per heavy atom. The highest BCUT2D eigenvalue weighted by Crippen LogP contribution is 2.26. The molecule has 0 amide bonds. The van der Waals surface area contributed by atoms with Gasteiger partial charge in [0.25, 0.3) is 0 Å². The third kappa shape index (κ3) is 3.08. The summed E-state index contributed by atoms with van der Waals surface area (Å²) in [6.45, 7) is 7.59. The average Bonchev–Trinajstić information content (AvgIpc) is 2.28. The number of hydrogen-bond donors (Lipinski definition) is 0. The third-order valence-corrected chi connectivity index (χ3v) is 2.36. The number of carbonyl (C=O) groups excluding carboxylic acids is 1. The Morgan fingerprint density at radius 3 is 2.57 bits per heavy atom. The first-order chi connectivity index (χ1) is 6.21. The Labute approximate surface area is 93.1 Å². The van der Waals surface area contributed by atoms with Crippen LogP contribution in [0.2, 0.25) is 0 Å². The molecule has 14 heavy (non-hydrogen) atoms. The van der Waals surface area contributed by atoms with Gasteiger partial charge in [-0.2, -0.15) is 0 Å². The minimum atomic E-state index is -0.617. The van der Waals surface area contributed by atoms with Gasteiger partial charge in [0.05, 0.1) is 5.54 Å². The Bertz CT molecular complexity index is 266. The molecule has 0 aromatic rings. The molecule has 0 aliphatic carbocycles. The largest absolute Gasteiger partial charge is 0.455 e. The summed E-state index contributed by atoms with van der Waals surface area (Å²) in [5.74, 6) is -0.244. The van der Waals surface area contributed by atoms with Gasteiger partial charge in [-0.15, -0.1) is 0 Å². The molecule has 0 N–H and O–H groups in total. The van der Waals surface area contributed by atoms with Crippen LogP contribution in [0.1, 0.15) is 34.1 Å². The summed E-state index contributed by atoms with van der Waals surface area (Å²) in [5.41, 5.74) is -0.0958. The normalized spacial score (nSPS) is 25.1. The highest BCUT2D eigenvalue weighted by atomic mass is 79.9. The van der Waals surface area contributed by atoms with Crippen LogP contribution in [0.15, 0.2) is 4.99 Å². The van der Waals surface area contributed by atoms with E-state index in [4.69, 9.17) is 4.74 Å². The lowest BCUT2D eigenvalue weighted by molar-refractivity contribution is -0.147. The molecule has 0 fully saturated rings. The standard InChI is InChI=1S/C10H16BrNO2/c1-9(2)5-7(6-12-9)14-8(13)10(3,4)11/h6-7H,5H2,1-4H3. The van der Waals surface area contributed by atoms with Crippen molar-refractivity contribution >= 4 is 28.1 Å². The van der Waals surface area contributed by atoms with Gasteiger partial charge in [-0.1, -0.05) is 15.9 Å². The fourth-order valence-corrected chi connectivity index (χ4v) is 1.33. The van der Waals surface area contributed by atoms with Crippen LogP contribution in [-0.4, -0.2) is 28.2 Å². The molecular weight excluding hydrogens is 246 g/mol. The van der Waals surface area contributed by atoms with Crippen molar-refractivity contribution in [2.24, 2.45) is 4.99 Å². The number of esters is 1. The molecule has 1 atom stereocenters. The van der Waals surface area contributed by atoms with Crippen LogP contribution < -0.4 is 0 Å². The number of alkyl halides is 1. The number of carbonyl (C=O) groups is 1. The van der Waals surface area contributed by atoms with Gasteiger partial charge >= 0.3 is 5.97 Å². The van der Waals surface area contributed by atoms with Gasteiger partial charge in [-0.3, -0.25) is 9.79 Å². The van der Waals surface area contributed by atoms with E-state index >= 15 is 0 Å². The topological polar surface area (TPSA) is 38.7 Å². The molecule has 0 aromatic heterocycles. The molecule has 1 rings (SSSR count). The second-order valence-electron chi connectivity index (χ2n) is 4.71. The van der Waals surface area contributed by atoms with Crippen LogP contribution in [0.4, 0.5) is 0 Å². The van der Waals surface area contributed by atoms with Crippen molar-refractivity contribution in [2.75, 3.05) is 0 Å². The van der Waals surface area contributed by atoms with Crippen LogP contribution in [-0.2, 0) is 9.53 Å². The van der Waals surface area contributed by atoms with Crippen LogP contribution in [0, 0.1) is 0 Å². The lowest BCUT2D eigenvalue weighted by atomic mass is 10.0. The Kier molecular flexibility index (Phi) is 3.04. The lowest BCUT2D eigenvalue weighted by Gasteiger charge is -2.20. The van der Waals surface area contributed by atoms with Gasteiger partial charge in [-0.05, 0) is 27.7 Å². The van der Waals surface area contributed by atoms with Crippen LogP contribution in [0.3, 0.4) is 0 Å². The van der Waals surface area contributed by atoms with Gasteiger partial charge in [0, 0.05) is 12.6 Å². The molecule has 3 nitrogen and oxygen atoms in total. The van der Waals surface area contributed by atoms with Crippen molar-refractivity contribution < 1.29 is 9.53 Å². The molecule has 4 heteroatoms. The number of aliphatic imine (C=N–C) groups is 1. The first-order valence-corrected chi connectivity index (χ1v) is 5.45. The number of rotatable bonds is 2. The van der Waals surface area contributed by atoms with E-state index in [1.54, 1.807) is 20.1 Å². The summed E-state index contributed by atoms with van der Waals surface area (Å²) in [7, 11) is 0. The number of nitrogens with zero attached hydrogens (tertiary/aromatic N) is 1. The second kappa shape index (κ2) is 3.65. The Morgan fingerprint density at radius 1 is 1.64 bits per heavy atom. The molecular formula is C10H16BrNO2. The summed E-state index contributed by atoms with van der Waals surface area (Å²) in [4.78, 5) is 15.8. The van der Waals surface area contributed by atoms with Gasteiger partial charge < -0.3 is 4.74 Å². The molecule has 0 aromatic carbocycles. The SMILES string of the molecule is CC1(C)CC(OC(=O)C(C)(C)Br)C=N1. The molecule has 0 bridgehead atoms. The maximum Gasteiger partial charge on any atom is 0.322 e. The van der Waals surface area contributed by atoms with Gasteiger partial charge in [0.2, 0.25) is 0 Å². The zero-order chi connectivity index (χ0) is 11.0. The van der Waals surface area contributed by atoms with Gasteiger partial charge in [-0.25, -0.2) is 0 Å². The lowest BCUT2D eigenvalue weighted by Crippen LogP contribution is -2.32. The zero-order valence-electron chi connectivity index (χ0n) is 9.00. The highest BCUT2D eigenvalue weighted by Gasteiger charge is 2.33. The number of halogens is 1. The minimum Gasteiger partial charge on any atom is -0.455 e. The van der Waals surface area contributed by atoms with E-state index in [1.807, 2.05) is 13.8 Å². The maximum absolute atomic E-state index is 11.5. The van der Waals surface area contributed by atoms with Crippen LogP contribution in [0.25, 0.3) is 0 Å². The van der Waals surface area contributed by atoms with Crippen molar-refractivity contribution in [3.05, 3.63) is 0 Å². The summed E-state index contributed by atoms with van der Waals surface area (Å²) in [6, 6.07) is 0. The maximum atomic E-state index is 11.5. The van der Waals surface area contributed by atoms with E-state index in [-0.39, 0.29) is 17.6 Å². The van der Waals surface area contributed by atoms with Crippen LogP contribution >= 0.6 is 15.9 Å². The number of ether oxygens (including phenoxy) is 1. The van der Waals surface area contributed by atoms with Crippen molar-refractivity contribution in [3.8, 4) is 0 Å². The first-order valence-electron chi connectivity index (χ1n) is 4.66. The molecule has 0 radical (unpaired) electrons. The summed E-state index contributed by atoms with van der Waals surface area (Å²) >= 11 is 3.26. The monoisotopic (exact) mass is 261 g/mol. The molecule has 1 aliphatic rings.